The average Bonchev–Trinajstić information content (AvgIpc) is 2.22. The number of benzene rings is 1. The van der Waals surface area contributed by atoms with Gasteiger partial charge in [-0.25, -0.2) is 4.79 Å². The van der Waals surface area contributed by atoms with Crippen LogP contribution in [0.5, 0.6) is 0 Å². The number of carbonyl (C=O) groups is 1. The molecule has 0 aliphatic carbocycles. The van der Waals surface area contributed by atoms with Gasteiger partial charge in [-0.05, 0) is 24.1 Å². The fourth-order valence-electron chi connectivity index (χ4n) is 1.63. The molecule has 1 atom stereocenters. The number of alkyl carbamates (subject to hydrolysis) is 1. The van der Waals surface area contributed by atoms with Gasteiger partial charge in [-0.15, -0.1) is 0 Å². The predicted octanol–water partition coefficient (Wildman–Crippen LogP) is 2.49. The maximum atomic E-state index is 11.0. The lowest BCUT2D eigenvalue weighted by molar-refractivity contribution is 0.115. The zero-order valence-electron chi connectivity index (χ0n) is 8.20. The molecule has 1 aromatic carbocycles. The number of amides is 1. The van der Waals surface area contributed by atoms with E-state index in [0.29, 0.717) is 6.61 Å². The first-order valence-corrected chi connectivity index (χ1v) is 5.71. The Morgan fingerprint density at radius 2 is 2.13 bits per heavy atom. The summed E-state index contributed by atoms with van der Waals surface area (Å²) in [6.07, 6.45) is 1.44. The Morgan fingerprint density at radius 3 is 2.80 bits per heavy atom. The van der Waals surface area contributed by atoms with Crippen molar-refractivity contribution >= 4 is 22.0 Å². The van der Waals surface area contributed by atoms with Gasteiger partial charge in [-0.1, -0.05) is 28.1 Å². The lowest BCUT2D eigenvalue weighted by atomic mass is 10.0. The van der Waals surface area contributed by atoms with E-state index in [1.54, 1.807) is 0 Å². The van der Waals surface area contributed by atoms with Gasteiger partial charge in [0.1, 0.15) is 0 Å². The van der Waals surface area contributed by atoms with Crippen molar-refractivity contribution in [1.82, 2.24) is 5.32 Å². The zero-order valence-corrected chi connectivity index (χ0v) is 9.79. The number of hydrogen-bond acceptors (Lipinski definition) is 2. The van der Waals surface area contributed by atoms with Gasteiger partial charge in [-0.3, -0.25) is 0 Å². The van der Waals surface area contributed by atoms with Crippen molar-refractivity contribution in [3.05, 3.63) is 34.3 Å². The molecule has 1 fully saturated rings. The summed E-state index contributed by atoms with van der Waals surface area (Å²) < 4.78 is 5.88. The van der Waals surface area contributed by atoms with E-state index in [9.17, 15) is 4.79 Å². The van der Waals surface area contributed by atoms with E-state index >= 15 is 0 Å². The van der Waals surface area contributed by atoms with Crippen LogP contribution in [-0.2, 0) is 11.2 Å². The number of halogens is 1. The SMILES string of the molecule is O=C1NC(Cc2ccc(Br)cc2)CCO1. The maximum Gasteiger partial charge on any atom is 0.407 e. The molecule has 0 aromatic heterocycles. The molecule has 3 nitrogen and oxygen atoms in total. The lowest BCUT2D eigenvalue weighted by Gasteiger charge is -2.23. The van der Waals surface area contributed by atoms with Crippen molar-refractivity contribution in [2.45, 2.75) is 18.9 Å². The number of rotatable bonds is 2. The van der Waals surface area contributed by atoms with E-state index in [2.05, 4.69) is 33.4 Å². The lowest BCUT2D eigenvalue weighted by Crippen LogP contribution is -2.42. The Bertz CT molecular complexity index is 350. The summed E-state index contributed by atoms with van der Waals surface area (Å²) in [5, 5.41) is 2.81. The monoisotopic (exact) mass is 269 g/mol. The van der Waals surface area contributed by atoms with Crippen LogP contribution in [0.3, 0.4) is 0 Å². The highest BCUT2D eigenvalue weighted by Gasteiger charge is 2.18. The fourth-order valence-corrected chi connectivity index (χ4v) is 1.90. The molecular formula is C11H12BrNO2. The fraction of sp³-hybridized carbons (Fsp3) is 0.364. The number of cyclic esters (lactones) is 1. The Labute approximate surface area is 96.9 Å². The summed E-state index contributed by atoms with van der Waals surface area (Å²) in [5.41, 5.74) is 1.23. The molecule has 1 unspecified atom stereocenters. The highest BCUT2D eigenvalue weighted by Crippen LogP contribution is 2.14. The van der Waals surface area contributed by atoms with Crippen LogP contribution >= 0.6 is 15.9 Å². The van der Waals surface area contributed by atoms with E-state index in [1.807, 2.05) is 12.1 Å². The molecule has 1 amide bonds. The minimum absolute atomic E-state index is 0.201. The Balaban J connectivity index is 1.96. The minimum atomic E-state index is -0.302. The number of hydrogen-bond donors (Lipinski definition) is 1. The molecule has 1 heterocycles. The largest absolute Gasteiger partial charge is 0.449 e. The molecule has 80 valence electrons. The molecule has 1 saturated heterocycles. The van der Waals surface area contributed by atoms with Crippen molar-refractivity contribution in [2.75, 3.05) is 6.61 Å². The Kier molecular flexibility index (Phi) is 3.26. The van der Waals surface area contributed by atoms with Crippen molar-refractivity contribution < 1.29 is 9.53 Å². The van der Waals surface area contributed by atoms with Gasteiger partial charge in [0.2, 0.25) is 0 Å². The number of nitrogens with one attached hydrogen (secondary N) is 1. The van der Waals surface area contributed by atoms with E-state index in [-0.39, 0.29) is 12.1 Å². The molecule has 1 aromatic rings. The Morgan fingerprint density at radius 1 is 1.40 bits per heavy atom. The van der Waals surface area contributed by atoms with Crippen LogP contribution in [0.1, 0.15) is 12.0 Å². The van der Waals surface area contributed by atoms with Gasteiger partial charge >= 0.3 is 6.09 Å². The van der Waals surface area contributed by atoms with Crippen LogP contribution in [0.4, 0.5) is 4.79 Å². The third kappa shape index (κ3) is 2.96. The van der Waals surface area contributed by atoms with Crippen molar-refractivity contribution in [3.63, 3.8) is 0 Å². The van der Waals surface area contributed by atoms with Gasteiger partial charge in [0, 0.05) is 16.9 Å². The van der Waals surface area contributed by atoms with Crippen LogP contribution < -0.4 is 5.32 Å². The second-order valence-electron chi connectivity index (χ2n) is 3.60. The van der Waals surface area contributed by atoms with Gasteiger partial charge in [0.05, 0.1) is 6.61 Å². The average molecular weight is 270 g/mol. The molecule has 0 radical (unpaired) electrons. The molecule has 0 saturated carbocycles. The van der Waals surface area contributed by atoms with Crippen LogP contribution in [0.15, 0.2) is 28.7 Å². The summed E-state index contributed by atoms with van der Waals surface area (Å²) in [6, 6.07) is 8.34. The van der Waals surface area contributed by atoms with E-state index in [0.717, 1.165) is 17.3 Å². The van der Waals surface area contributed by atoms with Crippen LogP contribution in [0.25, 0.3) is 0 Å². The van der Waals surface area contributed by atoms with Gasteiger partial charge in [-0.2, -0.15) is 0 Å². The summed E-state index contributed by atoms with van der Waals surface area (Å²) in [6.45, 7) is 0.521. The maximum absolute atomic E-state index is 11.0. The molecule has 0 bridgehead atoms. The molecule has 1 N–H and O–H groups in total. The van der Waals surface area contributed by atoms with Crippen molar-refractivity contribution in [1.29, 1.82) is 0 Å². The second-order valence-corrected chi connectivity index (χ2v) is 4.51. The van der Waals surface area contributed by atoms with E-state index in [1.165, 1.54) is 5.56 Å². The third-order valence-electron chi connectivity index (χ3n) is 2.42. The predicted molar refractivity (Wildman–Crippen MR) is 60.7 cm³/mol. The van der Waals surface area contributed by atoms with E-state index < -0.39 is 0 Å². The molecule has 1 aliphatic rings. The third-order valence-corrected chi connectivity index (χ3v) is 2.95. The first kappa shape index (κ1) is 10.5. The summed E-state index contributed by atoms with van der Waals surface area (Å²) >= 11 is 3.39. The minimum Gasteiger partial charge on any atom is -0.449 e. The molecule has 15 heavy (non-hydrogen) atoms. The van der Waals surface area contributed by atoms with Crippen LogP contribution in [0.2, 0.25) is 0 Å². The van der Waals surface area contributed by atoms with E-state index in [4.69, 9.17) is 4.74 Å². The first-order valence-electron chi connectivity index (χ1n) is 4.92. The summed E-state index contributed by atoms with van der Waals surface area (Å²) in [5.74, 6) is 0. The van der Waals surface area contributed by atoms with Crippen molar-refractivity contribution in [3.8, 4) is 0 Å². The summed E-state index contributed by atoms with van der Waals surface area (Å²) in [4.78, 5) is 11.0. The number of carbonyl (C=O) groups excluding carboxylic acids is 1. The molecular weight excluding hydrogens is 258 g/mol. The highest BCUT2D eigenvalue weighted by molar-refractivity contribution is 9.10. The van der Waals surface area contributed by atoms with Gasteiger partial charge < -0.3 is 10.1 Å². The highest BCUT2D eigenvalue weighted by atomic mass is 79.9. The van der Waals surface area contributed by atoms with Crippen LogP contribution in [0, 0.1) is 0 Å². The smallest absolute Gasteiger partial charge is 0.407 e. The summed E-state index contributed by atoms with van der Waals surface area (Å²) in [7, 11) is 0. The molecule has 2 rings (SSSR count). The molecule has 4 heteroatoms. The quantitative estimate of drug-likeness (QED) is 0.896. The molecule has 0 spiro atoms. The Hall–Kier alpha value is -1.03. The first-order chi connectivity index (χ1) is 7.24. The van der Waals surface area contributed by atoms with Crippen molar-refractivity contribution in [2.24, 2.45) is 0 Å². The molecule has 1 aliphatic heterocycles. The topological polar surface area (TPSA) is 38.3 Å². The number of ether oxygens (including phenoxy) is 1. The van der Waals surface area contributed by atoms with Gasteiger partial charge in [0.15, 0.2) is 0 Å². The standard InChI is InChI=1S/C11H12BrNO2/c12-9-3-1-8(2-4-9)7-10-5-6-15-11(14)13-10/h1-4,10H,5-7H2,(H,13,14). The van der Waals surface area contributed by atoms with Gasteiger partial charge in [0.25, 0.3) is 0 Å². The zero-order chi connectivity index (χ0) is 10.7. The van der Waals surface area contributed by atoms with Crippen LogP contribution in [-0.4, -0.2) is 18.7 Å². The second kappa shape index (κ2) is 4.66. The normalized spacial score (nSPS) is 20.6.